The molecule has 0 unspecified atom stereocenters. The van der Waals surface area contributed by atoms with E-state index >= 15 is 0 Å². The molecule has 0 aliphatic heterocycles. The summed E-state index contributed by atoms with van der Waals surface area (Å²) in [6, 6.07) is 13.4. The summed E-state index contributed by atoms with van der Waals surface area (Å²) in [6.45, 7) is 0. The van der Waals surface area contributed by atoms with E-state index in [-0.39, 0.29) is 11.4 Å². The molecule has 0 saturated heterocycles. The largest absolute Gasteiger partial charge is 0.871 e. The maximum atomic E-state index is 12.2. The second kappa shape index (κ2) is 4.13. The summed E-state index contributed by atoms with van der Waals surface area (Å²) < 4.78 is 0. The fourth-order valence-corrected chi connectivity index (χ4v) is 2.08. The lowest BCUT2D eigenvalue weighted by atomic mass is 10.1. The normalized spacial score (nSPS) is 10.7. The SMILES string of the molecule is O=[N+]([O-])c1ccc2c([O-])c(-c3ccccc3)[nH]c2c1. The van der Waals surface area contributed by atoms with Crippen LogP contribution in [-0.4, -0.2) is 9.91 Å². The van der Waals surface area contributed by atoms with Gasteiger partial charge in [0, 0.05) is 17.8 Å². The Hall–Kier alpha value is -2.82. The van der Waals surface area contributed by atoms with E-state index < -0.39 is 4.92 Å². The predicted octanol–water partition coefficient (Wildman–Crippen LogP) is 2.82. The van der Waals surface area contributed by atoms with Crippen molar-refractivity contribution in [2.24, 2.45) is 0 Å². The Balaban J connectivity index is 2.23. The van der Waals surface area contributed by atoms with Gasteiger partial charge in [-0.2, -0.15) is 0 Å². The molecular formula is C14H9N2O3-. The molecule has 5 nitrogen and oxygen atoms in total. The highest BCUT2D eigenvalue weighted by atomic mass is 16.6. The van der Waals surface area contributed by atoms with Crippen molar-refractivity contribution in [1.82, 2.24) is 4.98 Å². The number of nitrogens with one attached hydrogen (secondary N) is 1. The van der Waals surface area contributed by atoms with Crippen LogP contribution < -0.4 is 5.11 Å². The number of aromatic amines is 1. The number of rotatable bonds is 2. The monoisotopic (exact) mass is 253 g/mol. The van der Waals surface area contributed by atoms with Crippen LogP contribution in [0.1, 0.15) is 0 Å². The summed E-state index contributed by atoms with van der Waals surface area (Å²) in [4.78, 5) is 13.2. The highest BCUT2D eigenvalue weighted by molar-refractivity contribution is 5.94. The molecule has 1 heterocycles. The van der Waals surface area contributed by atoms with Crippen LogP contribution in [0.15, 0.2) is 48.5 Å². The summed E-state index contributed by atoms with van der Waals surface area (Å²) in [5.74, 6) is -0.143. The van der Waals surface area contributed by atoms with Gasteiger partial charge < -0.3 is 10.1 Å². The molecule has 0 aliphatic carbocycles. The summed E-state index contributed by atoms with van der Waals surface area (Å²) >= 11 is 0. The average molecular weight is 253 g/mol. The molecule has 0 aliphatic rings. The highest BCUT2D eigenvalue weighted by Crippen LogP contribution is 2.35. The van der Waals surface area contributed by atoms with Crippen LogP contribution in [0.3, 0.4) is 0 Å². The molecular weight excluding hydrogens is 244 g/mol. The van der Waals surface area contributed by atoms with Gasteiger partial charge in [0.05, 0.1) is 10.4 Å². The predicted molar refractivity (Wildman–Crippen MR) is 69.8 cm³/mol. The van der Waals surface area contributed by atoms with Crippen LogP contribution in [0.5, 0.6) is 5.75 Å². The molecule has 0 spiro atoms. The summed E-state index contributed by atoms with van der Waals surface area (Å²) in [5.41, 5.74) is 1.67. The molecule has 0 atom stereocenters. The Kier molecular flexibility index (Phi) is 2.45. The van der Waals surface area contributed by atoms with E-state index in [0.29, 0.717) is 16.6 Å². The van der Waals surface area contributed by atoms with Crippen molar-refractivity contribution in [2.75, 3.05) is 0 Å². The third-order valence-corrected chi connectivity index (χ3v) is 3.01. The minimum absolute atomic E-state index is 0.0339. The number of H-pyrrole nitrogens is 1. The molecule has 0 amide bonds. The van der Waals surface area contributed by atoms with Crippen molar-refractivity contribution >= 4 is 16.6 Å². The zero-order chi connectivity index (χ0) is 13.4. The summed E-state index contributed by atoms with van der Waals surface area (Å²) in [5, 5.41) is 23.4. The molecule has 5 heteroatoms. The maximum absolute atomic E-state index is 12.2. The Morgan fingerprint density at radius 1 is 1.05 bits per heavy atom. The van der Waals surface area contributed by atoms with Gasteiger partial charge in [-0.3, -0.25) is 10.1 Å². The standard InChI is InChI=1S/C14H10N2O3/c17-14-11-7-6-10(16(18)19)8-12(11)15-13(14)9-4-2-1-3-5-9/h1-8,15,17H/p-1. The van der Waals surface area contributed by atoms with Crippen molar-refractivity contribution in [1.29, 1.82) is 0 Å². The molecule has 3 rings (SSSR count). The minimum Gasteiger partial charge on any atom is -0.871 e. The van der Waals surface area contributed by atoms with Gasteiger partial charge in [0.1, 0.15) is 0 Å². The van der Waals surface area contributed by atoms with Crippen molar-refractivity contribution in [3.8, 4) is 17.0 Å². The topological polar surface area (TPSA) is 82.0 Å². The first-order valence-corrected chi connectivity index (χ1v) is 5.69. The molecule has 94 valence electrons. The van der Waals surface area contributed by atoms with E-state index in [9.17, 15) is 15.2 Å². The quantitative estimate of drug-likeness (QED) is 0.563. The van der Waals surface area contributed by atoms with Gasteiger partial charge in [-0.1, -0.05) is 36.1 Å². The molecule has 0 bridgehead atoms. The van der Waals surface area contributed by atoms with Crippen LogP contribution in [0, 0.1) is 10.1 Å². The van der Waals surface area contributed by atoms with E-state index in [1.54, 1.807) is 0 Å². The van der Waals surface area contributed by atoms with Gasteiger partial charge in [-0.15, -0.1) is 0 Å². The zero-order valence-corrected chi connectivity index (χ0v) is 9.79. The molecule has 1 N–H and O–H groups in total. The number of non-ortho nitro benzene ring substituents is 1. The first-order valence-electron chi connectivity index (χ1n) is 5.69. The third kappa shape index (κ3) is 1.81. The molecule has 1 aromatic heterocycles. The van der Waals surface area contributed by atoms with Crippen LogP contribution in [-0.2, 0) is 0 Å². The van der Waals surface area contributed by atoms with Crippen molar-refractivity contribution in [3.05, 3.63) is 58.6 Å². The number of nitrogens with zero attached hydrogens (tertiary/aromatic N) is 1. The van der Waals surface area contributed by atoms with Gasteiger partial charge >= 0.3 is 0 Å². The first kappa shape index (κ1) is 11.3. The molecule has 3 aromatic rings. The number of aromatic nitrogens is 1. The van der Waals surface area contributed by atoms with Gasteiger partial charge in [0.25, 0.3) is 5.69 Å². The molecule has 0 fully saturated rings. The van der Waals surface area contributed by atoms with Crippen LogP contribution in [0.4, 0.5) is 5.69 Å². The van der Waals surface area contributed by atoms with Gasteiger partial charge in [-0.05, 0) is 17.0 Å². The number of nitro benzene ring substituents is 1. The van der Waals surface area contributed by atoms with Crippen LogP contribution in [0.25, 0.3) is 22.2 Å². The minimum atomic E-state index is -0.479. The van der Waals surface area contributed by atoms with Gasteiger partial charge in [-0.25, -0.2) is 0 Å². The van der Waals surface area contributed by atoms with Crippen LogP contribution >= 0.6 is 0 Å². The van der Waals surface area contributed by atoms with Crippen molar-refractivity contribution in [3.63, 3.8) is 0 Å². The summed E-state index contributed by atoms with van der Waals surface area (Å²) in [7, 11) is 0. The van der Waals surface area contributed by atoms with E-state index in [1.807, 2.05) is 30.3 Å². The van der Waals surface area contributed by atoms with Gasteiger partial charge in [0.15, 0.2) is 0 Å². The lowest BCUT2D eigenvalue weighted by molar-refractivity contribution is -0.384. The second-order valence-electron chi connectivity index (χ2n) is 4.18. The second-order valence-corrected chi connectivity index (χ2v) is 4.18. The molecule has 19 heavy (non-hydrogen) atoms. The fourth-order valence-electron chi connectivity index (χ4n) is 2.08. The lowest BCUT2D eigenvalue weighted by Crippen LogP contribution is -1.91. The Labute approximate surface area is 108 Å². The molecule has 2 aromatic carbocycles. The molecule has 0 radical (unpaired) electrons. The Bertz CT molecular complexity index is 763. The lowest BCUT2D eigenvalue weighted by Gasteiger charge is -2.07. The number of nitro groups is 1. The fraction of sp³-hybridized carbons (Fsp3) is 0. The highest BCUT2D eigenvalue weighted by Gasteiger charge is 2.10. The van der Waals surface area contributed by atoms with Crippen molar-refractivity contribution < 1.29 is 10.0 Å². The zero-order valence-electron chi connectivity index (χ0n) is 9.79. The number of fused-ring (bicyclic) bond motifs is 1. The number of hydrogen-bond acceptors (Lipinski definition) is 3. The Morgan fingerprint density at radius 3 is 2.47 bits per heavy atom. The first-order chi connectivity index (χ1) is 9.16. The molecule has 0 saturated carbocycles. The van der Waals surface area contributed by atoms with Gasteiger partial charge in [0.2, 0.25) is 0 Å². The van der Waals surface area contributed by atoms with E-state index in [1.165, 1.54) is 18.2 Å². The Morgan fingerprint density at radius 2 is 1.79 bits per heavy atom. The summed E-state index contributed by atoms with van der Waals surface area (Å²) in [6.07, 6.45) is 0. The average Bonchev–Trinajstić information content (AvgIpc) is 2.76. The third-order valence-electron chi connectivity index (χ3n) is 3.01. The number of benzene rings is 2. The van der Waals surface area contributed by atoms with E-state index in [2.05, 4.69) is 4.98 Å². The van der Waals surface area contributed by atoms with Crippen LogP contribution in [0.2, 0.25) is 0 Å². The van der Waals surface area contributed by atoms with E-state index in [0.717, 1.165) is 5.56 Å². The smallest absolute Gasteiger partial charge is 0.271 e. The maximum Gasteiger partial charge on any atom is 0.271 e. The van der Waals surface area contributed by atoms with E-state index in [4.69, 9.17) is 0 Å². The van der Waals surface area contributed by atoms with Crippen molar-refractivity contribution in [2.45, 2.75) is 0 Å². The number of hydrogen-bond donors (Lipinski definition) is 1.